The number of hydrogen-bond donors (Lipinski definition) is 0. The summed E-state index contributed by atoms with van der Waals surface area (Å²) in [5.74, 6) is 0.402. The first kappa shape index (κ1) is 10.6. The van der Waals surface area contributed by atoms with Crippen LogP contribution in [0.3, 0.4) is 0 Å². The first-order valence-electron chi connectivity index (χ1n) is 5.30. The predicted octanol–water partition coefficient (Wildman–Crippen LogP) is 2.79. The van der Waals surface area contributed by atoms with Crippen molar-refractivity contribution in [3.8, 4) is 6.07 Å². The fourth-order valence-electron chi connectivity index (χ4n) is 2.26. The van der Waals surface area contributed by atoms with E-state index in [9.17, 15) is 15.4 Å². The lowest BCUT2D eigenvalue weighted by molar-refractivity contribution is -0.384. The number of nitrogens with zero attached hydrogens (tertiary/aromatic N) is 2. The van der Waals surface area contributed by atoms with Gasteiger partial charge in [-0.1, -0.05) is 25.5 Å². The van der Waals surface area contributed by atoms with Crippen LogP contribution in [0.1, 0.15) is 25.3 Å². The highest BCUT2D eigenvalue weighted by Gasteiger charge is 2.54. The summed E-state index contributed by atoms with van der Waals surface area (Å²) >= 11 is 0. The summed E-state index contributed by atoms with van der Waals surface area (Å²) in [4.78, 5) is 10.1. The monoisotopic (exact) mass is 216 g/mol. The van der Waals surface area contributed by atoms with Gasteiger partial charge in [0.15, 0.2) is 0 Å². The molecule has 0 bridgehead atoms. The molecule has 1 aromatic carbocycles. The minimum atomic E-state index is -0.424. The van der Waals surface area contributed by atoms with Crippen LogP contribution in [0.15, 0.2) is 24.3 Å². The Bertz CT molecular complexity index is 461. The summed E-state index contributed by atoms with van der Waals surface area (Å²) in [7, 11) is 0. The van der Waals surface area contributed by atoms with Crippen molar-refractivity contribution in [1.82, 2.24) is 0 Å². The Morgan fingerprint density at radius 3 is 2.56 bits per heavy atom. The lowest BCUT2D eigenvalue weighted by Crippen LogP contribution is -2.06. The molecule has 0 heterocycles. The fraction of sp³-hybridized carbons (Fsp3) is 0.417. The number of benzene rings is 1. The number of nitriles is 1. The minimum Gasteiger partial charge on any atom is -0.258 e. The molecule has 0 aromatic heterocycles. The van der Waals surface area contributed by atoms with E-state index < -0.39 is 4.92 Å². The first-order chi connectivity index (χ1) is 7.64. The Balaban J connectivity index is 2.30. The van der Waals surface area contributed by atoms with Crippen LogP contribution in [0, 0.1) is 27.4 Å². The minimum absolute atomic E-state index is 0.0746. The summed E-state index contributed by atoms with van der Waals surface area (Å²) in [6.45, 7) is 2.06. The van der Waals surface area contributed by atoms with Gasteiger partial charge in [0.05, 0.1) is 16.4 Å². The third kappa shape index (κ3) is 1.45. The maximum absolute atomic E-state index is 10.5. The first-order valence-corrected chi connectivity index (χ1v) is 5.30. The number of rotatable bonds is 3. The van der Waals surface area contributed by atoms with Gasteiger partial charge in [-0.25, -0.2) is 0 Å². The third-order valence-corrected chi connectivity index (χ3v) is 3.39. The van der Waals surface area contributed by atoms with Crippen molar-refractivity contribution in [3.05, 3.63) is 39.9 Å². The zero-order valence-corrected chi connectivity index (χ0v) is 9.01. The quantitative estimate of drug-likeness (QED) is 0.576. The van der Waals surface area contributed by atoms with E-state index >= 15 is 0 Å². The van der Waals surface area contributed by atoms with Gasteiger partial charge in [0.1, 0.15) is 0 Å². The Labute approximate surface area is 93.7 Å². The number of nitro groups is 1. The maximum Gasteiger partial charge on any atom is 0.269 e. The normalized spacial score (nSPS) is 27.1. The lowest BCUT2D eigenvalue weighted by atomic mass is 9.94. The van der Waals surface area contributed by atoms with Crippen LogP contribution >= 0.6 is 0 Å². The molecule has 2 atom stereocenters. The Kier molecular flexibility index (Phi) is 2.39. The molecule has 16 heavy (non-hydrogen) atoms. The largest absolute Gasteiger partial charge is 0.269 e. The van der Waals surface area contributed by atoms with E-state index in [0.717, 1.165) is 18.4 Å². The van der Waals surface area contributed by atoms with Gasteiger partial charge in [0.25, 0.3) is 5.69 Å². The van der Waals surface area contributed by atoms with Crippen molar-refractivity contribution < 1.29 is 4.92 Å². The van der Waals surface area contributed by atoms with E-state index in [-0.39, 0.29) is 11.1 Å². The van der Waals surface area contributed by atoms with Crippen LogP contribution in [0.5, 0.6) is 0 Å². The molecule has 4 heteroatoms. The van der Waals surface area contributed by atoms with E-state index in [0.29, 0.717) is 5.92 Å². The molecule has 1 aliphatic rings. The second kappa shape index (κ2) is 3.60. The van der Waals surface area contributed by atoms with E-state index in [1.165, 1.54) is 12.1 Å². The molecular weight excluding hydrogens is 204 g/mol. The highest BCUT2D eigenvalue weighted by atomic mass is 16.6. The highest BCUT2D eigenvalue weighted by Crippen LogP contribution is 2.55. The SMILES string of the molecule is CCC1CC1(C#N)c1ccc([N+](=O)[O-])cc1. The topological polar surface area (TPSA) is 66.9 Å². The summed E-state index contributed by atoms with van der Waals surface area (Å²) in [5, 5.41) is 19.7. The molecule has 1 saturated carbocycles. The van der Waals surface area contributed by atoms with Gasteiger partial charge in [-0.3, -0.25) is 10.1 Å². The van der Waals surface area contributed by atoms with Gasteiger partial charge in [-0.05, 0) is 17.9 Å². The van der Waals surface area contributed by atoms with Crippen molar-refractivity contribution in [2.75, 3.05) is 0 Å². The molecule has 4 nitrogen and oxygen atoms in total. The molecule has 0 N–H and O–H groups in total. The van der Waals surface area contributed by atoms with E-state index in [1.54, 1.807) is 12.1 Å². The molecule has 0 aliphatic heterocycles. The molecule has 0 saturated heterocycles. The predicted molar refractivity (Wildman–Crippen MR) is 58.8 cm³/mol. The molecule has 1 aliphatic carbocycles. The second-order valence-electron chi connectivity index (χ2n) is 4.20. The van der Waals surface area contributed by atoms with Crippen LogP contribution in [0.25, 0.3) is 0 Å². The van der Waals surface area contributed by atoms with Gasteiger partial charge in [-0.15, -0.1) is 0 Å². The standard InChI is InChI=1S/C12H12N2O2/c1-2-9-7-12(9,8-13)10-3-5-11(6-4-10)14(15)16/h3-6,9H,2,7H2,1H3. The average molecular weight is 216 g/mol. The van der Waals surface area contributed by atoms with Gasteiger partial charge in [0.2, 0.25) is 0 Å². The summed E-state index contributed by atoms with van der Waals surface area (Å²) in [6.07, 6.45) is 1.85. The Morgan fingerprint density at radius 2 is 2.19 bits per heavy atom. The number of nitro benzene ring substituents is 1. The van der Waals surface area contributed by atoms with Crippen molar-refractivity contribution >= 4 is 5.69 Å². The van der Waals surface area contributed by atoms with Crippen LogP contribution in [-0.2, 0) is 5.41 Å². The Hall–Kier alpha value is -1.89. The molecule has 0 amide bonds. The summed E-state index contributed by atoms with van der Waals surface area (Å²) in [5.41, 5.74) is 0.599. The van der Waals surface area contributed by atoms with E-state index in [1.807, 2.05) is 0 Å². The average Bonchev–Trinajstić information content (AvgIpc) is 3.04. The molecule has 2 unspecified atom stereocenters. The van der Waals surface area contributed by atoms with E-state index in [2.05, 4.69) is 13.0 Å². The molecule has 82 valence electrons. The third-order valence-electron chi connectivity index (χ3n) is 3.39. The summed E-state index contributed by atoms with van der Waals surface area (Å²) < 4.78 is 0. The number of hydrogen-bond acceptors (Lipinski definition) is 3. The van der Waals surface area contributed by atoms with Crippen LogP contribution in [0.2, 0.25) is 0 Å². The molecule has 2 rings (SSSR count). The Morgan fingerprint density at radius 1 is 1.56 bits per heavy atom. The molecule has 0 radical (unpaired) electrons. The van der Waals surface area contributed by atoms with Crippen molar-refractivity contribution in [2.45, 2.75) is 25.2 Å². The van der Waals surface area contributed by atoms with E-state index in [4.69, 9.17) is 0 Å². The number of non-ortho nitro benzene ring substituents is 1. The fourth-order valence-corrected chi connectivity index (χ4v) is 2.26. The molecular formula is C12H12N2O2. The second-order valence-corrected chi connectivity index (χ2v) is 4.20. The molecule has 1 aromatic rings. The zero-order chi connectivity index (χ0) is 11.8. The highest BCUT2D eigenvalue weighted by molar-refractivity contribution is 5.45. The molecule has 0 spiro atoms. The van der Waals surface area contributed by atoms with Gasteiger partial charge in [0, 0.05) is 12.1 Å². The lowest BCUT2D eigenvalue weighted by Gasteiger charge is -2.07. The van der Waals surface area contributed by atoms with Gasteiger partial charge in [-0.2, -0.15) is 5.26 Å². The van der Waals surface area contributed by atoms with Crippen molar-refractivity contribution in [2.24, 2.45) is 5.92 Å². The van der Waals surface area contributed by atoms with Gasteiger partial charge < -0.3 is 0 Å². The molecule has 1 fully saturated rings. The maximum atomic E-state index is 10.5. The van der Waals surface area contributed by atoms with Crippen LogP contribution in [-0.4, -0.2) is 4.92 Å². The summed E-state index contributed by atoms with van der Waals surface area (Å²) in [6, 6.07) is 8.70. The van der Waals surface area contributed by atoms with Crippen LogP contribution < -0.4 is 0 Å². The smallest absolute Gasteiger partial charge is 0.258 e. The van der Waals surface area contributed by atoms with Crippen LogP contribution in [0.4, 0.5) is 5.69 Å². The zero-order valence-electron chi connectivity index (χ0n) is 9.01. The van der Waals surface area contributed by atoms with Gasteiger partial charge >= 0.3 is 0 Å². The van der Waals surface area contributed by atoms with Crippen molar-refractivity contribution in [3.63, 3.8) is 0 Å². The van der Waals surface area contributed by atoms with Crippen molar-refractivity contribution in [1.29, 1.82) is 5.26 Å².